The fraction of sp³-hybridized carbons (Fsp3) is 0. The van der Waals surface area contributed by atoms with E-state index in [0.29, 0.717) is 19.8 Å². The minimum atomic E-state index is -0.538. The van der Waals surface area contributed by atoms with Crippen molar-refractivity contribution < 1.29 is 14.7 Å². The van der Waals surface area contributed by atoms with Crippen molar-refractivity contribution in [1.82, 2.24) is 5.32 Å². The summed E-state index contributed by atoms with van der Waals surface area (Å²) in [6.07, 6.45) is 1.41. The fourth-order valence-corrected chi connectivity index (χ4v) is 3.26. The van der Waals surface area contributed by atoms with E-state index in [4.69, 9.17) is 11.6 Å². The van der Waals surface area contributed by atoms with E-state index in [1.54, 1.807) is 36.4 Å². The summed E-state index contributed by atoms with van der Waals surface area (Å²) in [5, 5.41) is 13.0. The fourth-order valence-electron chi connectivity index (χ4n) is 2.20. The summed E-state index contributed by atoms with van der Waals surface area (Å²) in [4.78, 5) is 25.6. The largest absolute Gasteiger partial charge is 0.506 e. The van der Waals surface area contributed by atoms with Crippen LogP contribution < -0.4 is 10.2 Å². The van der Waals surface area contributed by atoms with Gasteiger partial charge < -0.3 is 10.4 Å². The van der Waals surface area contributed by atoms with Gasteiger partial charge in [-0.1, -0.05) is 29.8 Å². The molecule has 1 fully saturated rings. The molecule has 0 saturated carbocycles. The first-order valence-corrected chi connectivity index (χ1v) is 8.03. The standard InChI is InChI=1S/C16H10ClIN2O3/c17-10-6-9(14(21)12(18)8-10)7-13-15(22)20(16(23)19-13)11-4-2-1-3-5-11/h1-8,21H,(H,19,23). The molecule has 3 amide bonds. The highest BCUT2D eigenvalue weighted by Crippen LogP contribution is 2.31. The van der Waals surface area contributed by atoms with Crippen LogP contribution in [0, 0.1) is 3.57 Å². The SMILES string of the molecule is O=C1NC(=Cc2cc(Cl)cc(I)c2O)C(=O)N1c1ccccc1. The van der Waals surface area contributed by atoms with Crippen molar-refractivity contribution in [3.8, 4) is 5.75 Å². The lowest BCUT2D eigenvalue weighted by Gasteiger charge is -2.10. The number of nitrogens with zero attached hydrogens (tertiary/aromatic N) is 1. The number of anilines is 1. The van der Waals surface area contributed by atoms with Gasteiger partial charge in [0.25, 0.3) is 5.91 Å². The van der Waals surface area contributed by atoms with Gasteiger partial charge in [-0.25, -0.2) is 9.69 Å². The van der Waals surface area contributed by atoms with Crippen LogP contribution in [0.2, 0.25) is 5.02 Å². The Labute approximate surface area is 150 Å². The van der Waals surface area contributed by atoms with Crippen LogP contribution in [-0.4, -0.2) is 17.0 Å². The maximum Gasteiger partial charge on any atom is 0.333 e. The van der Waals surface area contributed by atoms with Crippen molar-refractivity contribution in [3.63, 3.8) is 0 Å². The lowest BCUT2D eigenvalue weighted by Crippen LogP contribution is -2.30. The molecule has 3 rings (SSSR count). The van der Waals surface area contributed by atoms with Crippen molar-refractivity contribution >= 4 is 57.9 Å². The van der Waals surface area contributed by atoms with E-state index in [1.165, 1.54) is 12.1 Å². The van der Waals surface area contributed by atoms with Crippen molar-refractivity contribution in [1.29, 1.82) is 0 Å². The first-order chi connectivity index (χ1) is 11.0. The Morgan fingerprint density at radius 3 is 2.57 bits per heavy atom. The van der Waals surface area contributed by atoms with Crippen molar-refractivity contribution in [3.05, 3.63) is 62.3 Å². The molecular formula is C16H10ClIN2O3. The first-order valence-electron chi connectivity index (χ1n) is 6.57. The number of para-hydroxylation sites is 1. The van der Waals surface area contributed by atoms with Gasteiger partial charge in [0.1, 0.15) is 11.4 Å². The van der Waals surface area contributed by atoms with Crippen LogP contribution >= 0.6 is 34.2 Å². The Morgan fingerprint density at radius 1 is 1.17 bits per heavy atom. The zero-order valence-corrected chi connectivity index (χ0v) is 14.5. The number of rotatable bonds is 2. The lowest BCUT2D eigenvalue weighted by molar-refractivity contribution is -0.113. The van der Waals surface area contributed by atoms with Crippen LogP contribution in [0.4, 0.5) is 10.5 Å². The summed E-state index contributed by atoms with van der Waals surface area (Å²) in [7, 11) is 0. The van der Waals surface area contributed by atoms with Gasteiger partial charge in [-0.2, -0.15) is 0 Å². The summed E-state index contributed by atoms with van der Waals surface area (Å²) in [5.74, 6) is -0.488. The van der Waals surface area contributed by atoms with Crippen LogP contribution in [0.3, 0.4) is 0 Å². The predicted molar refractivity (Wildman–Crippen MR) is 96.3 cm³/mol. The molecule has 2 aromatic rings. The Bertz CT molecular complexity index is 837. The number of hydrogen-bond donors (Lipinski definition) is 2. The zero-order valence-electron chi connectivity index (χ0n) is 11.6. The molecule has 1 aliphatic rings. The predicted octanol–water partition coefficient (Wildman–Crippen LogP) is 3.75. The van der Waals surface area contributed by atoms with Gasteiger partial charge in [0, 0.05) is 10.6 Å². The second-order valence-corrected chi connectivity index (χ2v) is 6.39. The monoisotopic (exact) mass is 440 g/mol. The van der Waals surface area contributed by atoms with E-state index in [9.17, 15) is 14.7 Å². The molecule has 0 unspecified atom stereocenters. The number of phenols is 1. The number of urea groups is 1. The number of aromatic hydroxyl groups is 1. The highest BCUT2D eigenvalue weighted by atomic mass is 127. The quantitative estimate of drug-likeness (QED) is 0.425. The van der Waals surface area contributed by atoms with Crippen molar-refractivity contribution in [2.24, 2.45) is 0 Å². The molecule has 2 N–H and O–H groups in total. The maximum absolute atomic E-state index is 12.5. The summed E-state index contributed by atoms with van der Waals surface area (Å²) < 4.78 is 0.554. The van der Waals surface area contributed by atoms with Crippen LogP contribution in [0.5, 0.6) is 5.75 Å². The average Bonchev–Trinajstić information content (AvgIpc) is 2.79. The molecule has 0 spiro atoms. The molecule has 0 atom stereocenters. The van der Waals surface area contributed by atoms with Crippen LogP contribution in [0.15, 0.2) is 48.2 Å². The maximum atomic E-state index is 12.5. The average molecular weight is 441 g/mol. The molecule has 1 heterocycles. The molecule has 0 bridgehead atoms. The Morgan fingerprint density at radius 2 is 1.87 bits per heavy atom. The number of hydrogen-bond acceptors (Lipinski definition) is 3. The van der Waals surface area contributed by atoms with Crippen molar-refractivity contribution in [2.45, 2.75) is 0 Å². The summed E-state index contributed by atoms with van der Waals surface area (Å²) in [5.41, 5.74) is 0.913. The molecule has 23 heavy (non-hydrogen) atoms. The Balaban J connectivity index is 2.00. The van der Waals surface area contributed by atoms with Crippen LogP contribution in [-0.2, 0) is 4.79 Å². The van der Waals surface area contributed by atoms with Crippen LogP contribution in [0.25, 0.3) is 6.08 Å². The number of phenolic OH excluding ortho intramolecular Hbond substituents is 1. The topological polar surface area (TPSA) is 69.6 Å². The van der Waals surface area contributed by atoms with E-state index < -0.39 is 11.9 Å². The first kappa shape index (κ1) is 15.8. The molecule has 2 aromatic carbocycles. The normalized spacial score (nSPS) is 16.1. The number of nitrogens with one attached hydrogen (secondary N) is 1. The van der Waals surface area contributed by atoms with E-state index in [0.717, 1.165) is 4.90 Å². The second-order valence-electron chi connectivity index (χ2n) is 4.79. The van der Waals surface area contributed by atoms with Gasteiger partial charge >= 0.3 is 6.03 Å². The zero-order chi connectivity index (χ0) is 16.6. The Hall–Kier alpha value is -2.06. The lowest BCUT2D eigenvalue weighted by atomic mass is 10.1. The van der Waals surface area contributed by atoms with Gasteiger partial charge in [0.05, 0.1) is 9.26 Å². The highest BCUT2D eigenvalue weighted by Gasteiger charge is 2.34. The molecular weight excluding hydrogens is 431 g/mol. The minimum absolute atomic E-state index is 0.00251. The van der Waals surface area contributed by atoms with Crippen molar-refractivity contribution in [2.75, 3.05) is 4.90 Å². The second kappa shape index (κ2) is 6.21. The van der Waals surface area contributed by atoms with Gasteiger partial charge in [0.15, 0.2) is 0 Å². The summed E-state index contributed by atoms with van der Waals surface area (Å²) in [6, 6.07) is 11.2. The number of carbonyl (C=O) groups excluding carboxylic acids is 2. The third-order valence-corrected chi connectivity index (χ3v) is 4.29. The summed E-state index contributed by atoms with van der Waals surface area (Å²) in [6.45, 7) is 0. The van der Waals surface area contributed by atoms with E-state index in [1.807, 2.05) is 22.6 Å². The third kappa shape index (κ3) is 3.04. The summed E-state index contributed by atoms with van der Waals surface area (Å²) >= 11 is 7.91. The van der Waals surface area contributed by atoms with Gasteiger partial charge in [-0.05, 0) is 52.9 Å². The van der Waals surface area contributed by atoms with E-state index >= 15 is 0 Å². The number of imide groups is 1. The number of halogens is 2. The molecule has 116 valence electrons. The molecule has 1 aliphatic heterocycles. The molecule has 0 aromatic heterocycles. The smallest absolute Gasteiger partial charge is 0.333 e. The highest BCUT2D eigenvalue weighted by molar-refractivity contribution is 14.1. The van der Waals surface area contributed by atoms with E-state index in [-0.39, 0.29) is 11.4 Å². The molecule has 0 aliphatic carbocycles. The van der Waals surface area contributed by atoms with Gasteiger partial charge in [-0.15, -0.1) is 0 Å². The number of amides is 3. The molecule has 0 radical (unpaired) electrons. The minimum Gasteiger partial charge on any atom is -0.506 e. The number of carbonyl (C=O) groups is 2. The number of benzene rings is 2. The molecule has 7 heteroatoms. The Kier molecular flexibility index (Phi) is 4.27. The molecule has 1 saturated heterocycles. The third-order valence-electron chi connectivity index (χ3n) is 3.25. The van der Waals surface area contributed by atoms with Crippen LogP contribution in [0.1, 0.15) is 5.56 Å². The van der Waals surface area contributed by atoms with Gasteiger partial charge in [-0.3, -0.25) is 4.79 Å². The molecule has 5 nitrogen and oxygen atoms in total. The van der Waals surface area contributed by atoms with E-state index in [2.05, 4.69) is 5.32 Å². The van der Waals surface area contributed by atoms with Gasteiger partial charge in [0.2, 0.25) is 0 Å².